The molecule has 1 unspecified atom stereocenters. The van der Waals surface area contributed by atoms with Crippen LogP contribution in [0.25, 0.3) is 0 Å². The number of hydrogen-bond donors (Lipinski definition) is 2. The van der Waals surface area contributed by atoms with Gasteiger partial charge in [-0.15, -0.1) is 0 Å². The first-order valence-corrected chi connectivity index (χ1v) is 5.33. The molecular weight excluding hydrogens is 182 g/mol. The van der Waals surface area contributed by atoms with Crippen molar-refractivity contribution in [3.05, 3.63) is 0 Å². The molecule has 4 heteroatoms. The quantitative estimate of drug-likeness (QED) is 0.630. The van der Waals surface area contributed by atoms with Crippen molar-refractivity contribution in [1.29, 1.82) is 0 Å². The van der Waals surface area contributed by atoms with Crippen molar-refractivity contribution in [3.63, 3.8) is 0 Å². The summed E-state index contributed by atoms with van der Waals surface area (Å²) in [6.45, 7) is 2.31. The van der Waals surface area contributed by atoms with Gasteiger partial charge in [0.1, 0.15) is 0 Å². The van der Waals surface area contributed by atoms with Crippen LogP contribution in [0.3, 0.4) is 0 Å². The minimum absolute atomic E-state index is 0.200. The highest BCUT2D eigenvalue weighted by Crippen LogP contribution is 2.14. The average molecular weight is 201 g/mol. The Balaban J connectivity index is 1.90. The number of hydrogen-bond acceptors (Lipinski definition) is 3. The number of carbonyl (C=O) groups is 1. The molecule has 2 N–H and O–H groups in total. The van der Waals surface area contributed by atoms with E-state index in [2.05, 4.69) is 5.32 Å². The summed E-state index contributed by atoms with van der Waals surface area (Å²) in [4.78, 5) is 10.2. The fourth-order valence-electron chi connectivity index (χ4n) is 1.62. The highest BCUT2D eigenvalue weighted by atomic mass is 16.5. The lowest BCUT2D eigenvalue weighted by atomic mass is 10.1. The Labute approximate surface area is 84.6 Å². The van der Waals surface area contributed by atoms with Gasteiger partial charge < -0.3 is 15.2 Å². The van der Waals surface area contributed by atoms with Gasteiger partial charge in [0.2, 0.25) is 0 Å². The molecule has 82 valence electrons. The van der Waals surface area contributed by atoms with Crippen LogP contribution >= 0.6 is 0 Å². The highest BCUT2D eigenvalue weighted by Gasteiger charge is 2.12. The van der Waals surface area contributed by atoms with Gasteiger partial charge in [0.05, 0.1) is 12.5 Å². The largest absolute Gasteiger partial charge is 0.481 e. The van der Waals surface area contributed by atoms with Gasteiger partial charge in [-0.05, 0) is 32.2 Å². The summed E-state index contributed by atoms with van der Waals surface area (Å²) in [7, 11) is 0. The van der Waals surface area contributed by atoms with Crippen molar-refractivity contribution in [2.45, 2.75) is 38.2 Å². The van der Waals surface area contributed by atoms with Crippen LogP contribution in [0.1, 0.15) is 32.1 Å². The Morgan fingerprint density at radius 3 is 2.93 bits per heavy atom. The van der Waals surface area contributed by atoms with E-state index in [9.17, 15) is 4.79 Å². The van der Waals surface area contributed by atoms with Crippen LogP contribution in [0.5, 0.6) is 0 Å². The third-order valence-electron chi connectivity index (χ3n) is 2.43. The summed E-state index contributed by atoms with van der Waals surface area (Å²) < 4.78 is 5.55. The molecule has 1 saturated heterocycles. The Morgan fingerprint density at radius 2 is 2.29 bits per heavy atom. The summed E-state index contributed by atoms with van der Waals surface area (Å²) >= 11 is 0. The van der Waals surface area contributed by atoms with Crippen molar-refractivity contribution in [2.75, 3.05) is 19.7 Å². The van der Waals surface area contributed by atoms with Crippen molar-refractivity contribution in [3.8, 4) is 0 Å². The predicted octanol–water partition coefficient (Wildman–Crippen LogP) is 1.01. The van der Waals surface area contributed by atoms with E-state index in [0.717, 1.165) is 26.0 Å². The van der Waals surface area contributed by atoms with E-state index in [0.29, 0.717) is 12.6 Å². The second kappa shape index (κ2) is 6.79. The van der Waals surface area contributed by atoms with Crippen LogP contribution in [-0.4, -0.2) is 36.9 Å². The van der Waals surface area contributed by atoms with Crippen LogP contribution in [0, 0.1) is 0 Å². The molecule has 14 heavy (non-hydrogen) atoms. The van der Waals surface area contributed by atoms with E-state index < -0.39 is 5.97 Å². The number of rotatable bonds is 6. The second-order valence-electron chi connectivity index (χ2n) is 3.67. The number of aliphatic carboxylic acids is 1. The van der Waals surface area contributed by atoms with Crippen LogP contribution in [-0.2, 0) is 9.53 Å². The van der Waals surface area contributed by atoms with Gasteiger partial charge in [0.15, 0.2) is 0 Å². The molecular formula is C10H19NO3. The summed E-state index contributed by atoms with van der Waals surface area (Å²) in [5.74, 6) is -0.744. The highest BCUT2D eigenvalue weighted by molar-refractivity contribution is 5.66. The number of ether oxygens (including phenoxy) is 1. The molecule has 1 atom stereocenters. The van der Waals surface area contributed by atoms with Crippen molar-refractivity contribution >= 4 is 5.97 Å². The van der Waals surface area contributed by atoms with Crippen LogP contribution in [0.2, 0.25) is 0 Å². The third kappa shape index (κ3) is 5.19. The first-order valence-electron chi connectivity index (χ1n) is 5.33. The zero-order valence-corrected chi connectivity index (χ0v) is 8.50. The fourth-order valence-corrected chi connectivity index (χ4v) is 1.62. The molecule has 0 spiro atoms. The minimum Gasteiger partial charge on any atom is -0.481 e. The molecule has 0 aliphatic carbocycles. The summed E-state index contributed by atoms with van der Waals surface area (Å²) in [5.41, 5.74) is 0. The van der Waals surface area contributed by atoms with E-state index >= 15 is 0 Å². The lowest BCUT2D eigenvalue weighted by Gasteiger charge is -2.22. The van der Waals surface area contributed by atoms with Gasteiger partial charge >= 0.3 is 5.97 Å². The molecule has 0 aromatic rings. The molecule has 4 nitrogen and oxygen atoms in total. The predicted molar refractivity (Wildman–Crippen MR) is 53.3 cm³/mol. The first-order chi connectivity index (χ1) is 6.79. The zero-order valence-electron chi connectivity index (χ0n) is 8.50. The summed E-state index contributed by atoms with van der Waals surface area (Å²) in [5, 5.41) is 11.5. The SMILES string of the molecule is O=C(O)CCNCCC1CCCCO1. The normalized spacial score (nSPS) is 22.1. The van der Waals surface area contributed by atoms with Gasteiger partial charge in [0.25, 0.3) is 0 Å². The van der Waals surface area contributed by atoms with E-state index in [4.69, 9.17) is 9.84 Å². The van der Waals surface area contributed by atoms with Crippen molar-refractivity contribution < 1.29 is 14.6 Å². The molecule has 0 bridgehead atoms. The van der Waals surface area contributed by atoms with E-state index in [1.165, 1.54) is 12.8 Å². The maximum absolute atomic E-state index is 10.2. The summed E-state index contributed by atoms with van der Waals surface area (Å²) in [6, 6.07) is 0. The van der Waals surface area contributed by atoms with Gasteiger partial charge in [0, 0.05) is 13.2 Å². The fraction of sp³-hybridized carbons (Fsp3) is 0.900. The third-order valence-corrected chi connectivity index (χ3v) is 2.43. The Hall–Kier alpha value is -0.610. The van der Waals surface area contributed by atoms with Crippen LogP contribution in [0.4, 0.5) is 0 Å². The van der Waals surface area contributed by atoms with Gasteiger partial charge in [-0.1, -0.05) is 0 Å². The standard InChI is InChI=1S/C10H19NO3/c12-10(13)5-7-11-6-4-9-3-1-2-8-14-9/h9,11H,1-8H2,(H,12,13). The molecule has 0 aromatic heterocycles. The van der Waals surface area contributed by atoms with E-state index in [-0.39, 0.29) is 6.42 Å². The molecule has 0 radical (unpaired) electrons. The van der Waals surface area contributed by atoms with Crippen LogP contribution in [0.15, 0.2) is 0 Å². The van der Waals surface area contributed by atoms with Crippen molar-refractivity contribution in [1.82, 2.24) is 5.32 Å². The Bertz CT molecular complexity index is 167. The lowest BCUT2D eigenvalue weighted by Crippen LogP contribution is -2.26. The smallest absolute Gasteiger partial charge is 0.304 e. The van der Waals surface area contributed by atoms with Gasteiger partial charge in [-0.3, -0.25) is 4.79 Å². The monoisotopic (exact) mass is 201 g/mol. The minimum atomic E-state index is -0.744. The molecule has 1 fully saturated rings. The Morgan fingerprint density at radius 1 is 1.43 bits per heavy atom. The molecule has 0 aromatic carbocycles. The first kappa shape index (κ1) is 11.5. The Kier molecular flexibility index (Phi) is 5.56. The van der Waals surface area contributed by atoms with Crippen molar-refractivity contribution in [2.24, 2.45) is 0 Å². The zero-order chi connectivity index (χ0) is 10.2. The molecule has 1 aliphatic rings. The molecule has 1 rings (SSSR count). The van der Waals surface area contributed by atoms with Crippen LogP contribution < -0.4 is 5.32 Å². The summed E-state index contributed by atoms with van der Waals surface area (Å²) in [6.07, 6.45) is 5.19. The van der Waals surface area contributed by atoms with E-state index in [1.807, 2.05) is 0 Å². The number of carboxylic acids is 1. The molecule has 1 heterocycles. The topological polar surface area (TPSA) is 58.6 Å². The number of nitrogens with one attached hydrogen (secondary N) is 1. The maximum Gasteiger partial charge on any atom is 0.304 e. The second-order valence-corrected chi connectivity index (χ2v) is 3.67. The van der Waals surface area contributed by atoms with Gasteiger partial charge in [-0.25, -0.2) is 0 Å². The van der Waals surface area contributed by atoms with E-state index in [1.54, 1.807) is 0 Å². The van der Waals surface area contributed by atoms with Gasteiger partial charge in [-0.2, -0.15) is 0 Å². The maximum atomic E-state index is 10.2. The molecule has 0 amide bonds. The number of carboxylic acid groups (broad SMARTS) is 1. The average Bonchev–Trinajstić information content (AvgIpc) is 2.18. The molecule has 1 aliphatic heterocycles. The molecule has 0 saturated carbocycles. The lowest BCUT2D eigenvalue weighted by molar-refractivity contribution is -0.136.